The number of hydrogen-bond acceptors (Lipinski definition) is 4. The molecule has 0 radical (unpaired) electrons. The summed E-state index contributed by atoms with van der Waals surface area (Å²) in [5.74, 6) is -1.03. The van der Waals surface area contributed by atoms with E-state index in [0.29, 0.717) is 12.2 Å². The third-order valence-corrected chi connectivity index (χ3v) is 4.31. The molecule has 0 aliphatic heterocycles. The fourth-order valence-electron chi connectivity index (χ4n) is 2.32. The lowest BCUT2D eigenvalue weighted by Crippen LogP contribution is -2.14. The molecule has 0 atom stereocenters. The van der Waals surface area contributed by atoms with Crippen molar-refractivity contribution in [3.05, 3.63) is 27.2 Å². The highest BCUT2D eigenvalue weighted by molar-refractivity contribution is 9.10. The molecule has 2 rings (SSSR count). The number of halogens is 1. The molecule has 0 fully saturated rings. The number of aryl methyl sites for hydroxylation is 2. The maximum atomic E-state index is 11.2. The second-order valence-corrected chi connectivity index (χ2v) is 5.90. The van der Waals surface area contributed by atoms with Crippen molar-refractivity contribution in [2.45, 2.75) is 46.7 Å². The molecule has 2 heterocycles. The zero-order chi connectivity index (χ0) is 15.7. The van der Waals surface area contributed by atoms with Crippen LogP contribution in [0.15, 0.2) is 4.47 Å². The summed E-state index contributed by atoms with van der Waals surface area (Å²) in [7, 11) is 0. The summed E-state index contributed by atoms with van der Waals surface area (Å²) in [6.45, 7) is 8.96. The van der Waals surface area contributed by atoms with E-state index in [4.69, 9.17) is 0 Å². The number of aromatic carboxylic acids is 1. The van der Waals surface area contributed by atoms with Crippen LogP contribution in [0, 0.1) is 6.92 Å². The Labute approximate surface area is 131 Å². The van der Waals surface area contributed by atoms with Crippen LogP contribution >= 0.6 is 15.9 Å². The highest BCUT2D eigenvalue weighted by Crippen LogP contribution is 2.24. The molecule has 1 N–H and O–H groups in total. The van der Waals surface area contributed by atoms with Gasteiger partial charge in [-0.1, -0.05) is 19.1 Å². The van der Waals surface area contributed by atoms with Crippen LogP contribution in [0.3, 0.4) is 0 Å². The van der Waals surface area contributed by atoms with Crippen LogP contribution in [0.2, 0.25) is 0 Å². The van der Waals surface area contributed by atoms with Crippen molar-refractivity contribution in [3.63, 3.8) is 0 Å². The van der Waals surface area contributed by atoms with Crippen LogP contribution in [-0.4, -0.2) is 35.9 Å². The lowest BCUT2D eigenvalue weighted by Gasteiger charge is -2.11. The molecular formula is C13H18BrN5O2. The average molecular weight is 356 g/mol. The minimum atomic E-state index is -1.05. The lowest BCUT2D eigenvalue weighted by molar-refractivity contribution is 0.0688. The van der Waals surface area contributed by atoms with Gasteiger partial charge in [0.1, 0.15) is 0 Å². The number of hydrogen-bond donors (Lipinski definition) is 1. The Balaban J connectivity index is 2.48. The molecule has 0 saturated carbocycles. The van der Waals surface area contributed by atoms with E-state index in [-0.39, 0.29) is 11.6 Å². The van der Waals surface area contributed by atoms with Gasteiger partial charge < -0.3 is 5.11 Å². The molecule has 2 aromatic rings. The highest BCUT2D eigenvalue weighted by Gasteiger charge is 2.23. The Morgan fingerprint density at radius 1 is 1.38 bits per heavy atom. The third kappa shape index (κ3) is 2.85. The minimum Gasteiger partial charge on any atom is -0.476 e. The first-order chi connectivity index (χ1) is 9.86. The quantitative estimate of drug-likeness (QED) is 0.889. The molecule has 0 bridgehead atoms. The largest absolute Gasteiger partial charge is 0.476 e. The van der Waals surface area contributed by atoms with Crippen LogP contribution in [0.4, 0.5) is 0 Å². The van der Waals surface area contributed by atoms with E-state index in [1.165, 1.54) is 0 Å². The van der Waals surface area contributed by atoms with Crippen molar-refractivity contribution in [1.29, 1.82) is 0 Å². The van der Waals surface area contributed by atoms with E-state index in [9.17, 15) is 9.90 Å². The predicted molar refractivity (Wildman–Crippen MR) is 80.5 cm³/mol. The molecule has 7 nitrogen and oxygen atoms in total. The van der Waals surface area contributed by atoms with Crippen molar-refractivity contribution in [2.75, 3.05) is 0 Å². The number of rotatable bonds is 5. The van der Waals surface area contributed by atoms with Gasteiger partial charge in [0.25, 0.3) is 0 Å². The van der Waals surface area contributed by atoms with Crippen molar-refractivity contribution in [3.8, 4) is 0 Å². The molecule has 0 amide bonds. The van der Waals surface area contributed by atoms with Crippen LogP contribution in [0.5, 0.6) is 0 Å². The Hall–Kier alpha value is -1.70. The van der Waals surface area contributed by atoms with Crippen molar-refractivity contribution < 1.29 is 9.90 Å². The molecule has 21 heavy (non-hydrogen) atoms. The van der Waals surface area contributed by atoms with Crippen molar-refractivity contribution in [2.24, 2.45) is 0 Å². The van der Waals surface area contributed by atoms with Gasteiger partial charge in [-0.05, 0) is 35.7 Å². The third-order valence-electron chi connectivity index (χ3n) is 3.28. The first-order valence-corrected chi connectivity index (χ1v) is 7.54. The SMILES string of the molecule is CCn1nc(C)c(Br)c1Cn1nnc(C(=O)O)c1C(C)C. The standard InChI is InChI=1S/C13H18BrN5O2/c1-5-18-9(10(14)8(4)16-18)6-19-12(7(2)3)11(13(20)21)15-17-19/h7H,5-6H2,1-4H3,(H,20,21). The van der Waals surface area contributed by atoms with Crippen LogP contribution in [0.25, 0.3) is 0 Å². The molecule has 0 aliphatic rings. The summed E-state index contributed by atoms with van der Waals surface area (Å²) in [6, 6.07) is 0. The molecule has 0 spiro atoms. The van der Waals surface area contributed by atoms with Gasteiger partial charge in [-0.2, -0.15) is 5.10 Å². The zero-order valence-electron chi connectivity index (χ0n) is 12.5. The summed E-state index contributed by atoms with van der Waals surface area (Å²) in [5, 5.41) is 21.4. The Morgan fingerprint density at radius 3 is 2.57 bits per heavy atom. The molecule has 114 valence electrons. The maximum Gasteiger partial charge on any atom is 0.358 e. The minimum absolute atomic E-state index is 0.0143. The molecule has 0 saturated heterocycles. The Kier molecular flexibility index (Phi) is 4.46. The van der Waals surface area contributed by atoms with Gasteiger partial charge in [0, 0.05) is 6.54 Å². The topological polar surface area (TPSA) is 85.8 Å². The molecule has 2 aromatic heterocycles. The second kappa shape index (κ2) is 5.97. The first-order valence-electron chi connectivity index (χ1n) is 6.75. The number of carboxylic acid groups (broad SMARTS) is 1. The van der Waals surface area contributed by atoms with E-state index >= 15 is 0 Å². The molecule has 0 aliphatic carbocycles. The number of carboxylic acids is 1. The predicted octanol–water partition coefficient (Wildman–Crippen LogP) is 2.44. The smallest absolute Gasteiger partial charge is 0.358 e. The van der Waals surface area contributed by atoms with Gasteiger partial charge in [0.05, 0.1) is 28.1 Å². The first kappa shape index (κ1) is 15.7. The second-order valence-electron chi connectivity index (χ2n) is 5.10. The van der Waals surface area contributed by atoms with Crippen molar-refractivity contribution >= 4 is 21.9 Å². The fourth-order valence-corrected chi connectivity index (χ4v) is 2.73. The molecule has 8 heteroatoms. The molecule has 0 aromatic carbocycles. The van der Waals surface area contributed by atoms with E-state index in [1.54, 1.807) is 4.68 Å². The monoisotopic (exact) mass is 355 g/mol. The molecular weight excluding hydrogens is 338 g/mol. The summed E-state index contributed by atoms with van der Waals surface area (Å²) in [6.07, 6.45) is 0. The average Bonchev–Trinajstić information content (AvgIpc) is 2.95. The van der Waals surface area contributed by atoms with E-state index < -0.39 is 5.97 Å². The molecule has 0 unspecified atom stereocenters. The van der Waals surface area contributed by atoms with Gasteiger partial charge in [-0.3, -0.25) is 4.68 Å². The highest BCUT2D eigenvalue weighted by atomic mass is 79.9. The van der Waals surface area contributed by atoms with Crippen molar-refractivity contribution in [1.82, 2.24) is 24.8 Å². The van der Waals surface area contributed by atoms with Gasteiger partial charge >= 0.3 is 5.97 Å². The maximum absolute atomic E-state index is 11.2. The van der Waals surface area contributed by atoms with Crippen LogP contribution < -0.4 is 0 Å². The van der Waals surface area contributed by atoms with Gasteiger partial charge in [0.15, 0.2) is 5.69 Å². The Morgan fingerprint density at radius 2 is 2.05 bits per heavy atom. The van der Waals surface area contributed by atoms with Gasteiger partial charge in [0.2, 0.25) is 0 Å². The fraction of sp³-hybridized carbons (Fsp3) is 0.538. The normalized spacial score (nSPS) is 11.3. The van der Waals surface area contributed by atoms with Crippen LogP contribution in [-0.2, 0) is 13.1 Å². The van der Waals surface area contributed by atoms with E-state index in [1.807, 2.05) is 32.4 Å². The Bertz CT molecular complexity index is 674. The van der Waals surface area contributed by atoms with E-state index in [2.05, 4.69) is 31.3 Å². The summed E-state index contributed by atoms with van der Waals surface area (Å²) in [4.78, 5) is 11.2. The summed E-state index contributed by atoms with van der Waals surface area (Å²) in [5.41, 5.74) is 2.49. The number of nitrogens with zero attached hydrogens (tertiary/aromatic N) is 5. The van der Waals surface area contributed by atoms with Gasteiger partial charge in [-0.25, -0.2) is 9.48 Å². The van der Waals surface area contributed by atoms with Crippen LogP contribution in [0.1, 0.15) is 54.3 Å². The van der Waals surface area contributed by atoms with Gasteiger partial charge in [-0.15, -0.1) is 5.10 Å². The van der Waals surface area contributed by atoms with E-state index in [0.717, 1.165) is 22.4 Å². The number of carbonyl (C=O) groups is 1. The number of aromatic nitrogens is 5. The zero-order valence-corrected chi connectivity index (χ0v) is 14.0. The summed E-state index contributed by atoms with van der Waals surface area (Å²) < 4.78 is 4.44. The lowest BCUT2D eigenvalue weighted by atomic mass is 10.1. The summed E-state index contributed by atoms with van der Waals surface area (Å²) >= 11 is 3.54.